The van der Waals surface area contributed by atoms with Crippen molar-refractivity contribution >= 4 is 39.0 Å². The Morgan fingerprint density at radius 3 is 2.35 bits per heavy atom. The quantitative estimate of drug-likeness (QED) is 0.182. The number of ether oxygens (including phenoxy) is 3. The Hall–Kier alpha value is -4.65. The summed E-state index contributed by atoms with van der Waals surface area (Å²) >= 11 is 0. The normalized spacial score (nSPS) is 17.5. The van der Waals surface area contributed by atoms with Crippen molar-refractivity contribution < 1.29 is 50.5 Å². The third-order valence-corrected chi connectivity index (χ3v) is 8.80. The lowest BCUT2D eigenvalue weighted by Gasteiger charge is -2.37. The maximum atomic E-state index is 13.5. The van der Waals surface area contributed by atoms with Crippen LogP contribution in [0.1, 0.15) is 38.1 Å². The number of nitrogens with zero attached hydrogens (tertiary/aromatic N) is 5. The highest BCUT2D eigenvalue weighted by Crippen LogP contribution is 2.33. The van der Waals surface area contributed by atoms with Gasteiger partial charge in [0.2, 0.25) is 17.7 Å². The molecule has 1 amide bonds. The first-order chi connectivity index (χ1) is 23.0. The van der Waals surface area contributed by atoms with Gasteiger partial charge in [-0.05, 0) is 44.0 Å². The van der Waals surface area contributed by atoms with Crippen molar-refractivity contribution in [2.45, 2.75) is 51.6 Å². The second kappa shape index (κ2) is 14.1. The number of sulfonamides is 1. The minimum absolute atomic E-state index is 0.0248. The van der Waals surface area contributed by atoms with Crippen LogP contribution in [-0.2, 0) is 37.4 Å². The van der Waals surface area contributed by atoms with Crippen molar-refractivity contribution in [2.24, 2.45) is 5.41 Å². The molecule has 2 aromatic heterocycles. The SMILES string of the molecule is CC(C)(C)C(=O)Oc1ccc(COc2nc(NC(=O)Cc3ccccc3)nc3c2ncn3C2CN(S(=O)(=O)C(F)(F)F)CC(CO)O2)cc1. The number of nitrogens with one attached hydrogen (secondary N) is 1. The van der Waals surface area contributed by atoms with Gasteiger partial charge in [-0.2, -0.15) is 27.4 Å². The highest BCUT2D eigenvalue weighted by atomic mass is 32.2. The molecule has 1 saturated heterocycles. The highest BCUT2D eigenvalue weighted by Gasteiger charge is 2.52. The molecule has 18 heteroatoms. The van der Waals surface area contributed by atoms with Gasteiger partial charge in [-0.25, -0.2) is 13.4 Å². The minimum atomic E-state index is -5.77. The lowest BCUT2D eigenvalue weighted by molar-refractivity contribution is -0.143. The fourth-order valence-electron chi connectivity index (χ4n) is 4.65. The molecule has 14 nitrogen and oxygen atoms in total. The molecule has 0 saturated carbocycles. The summed E-state index contributed by atoms with van der Waals surface area (Å²) in [4.78, 5) is 38.1. The van der Waals surface area contributed by atoms with E-state index in [1.54, 1.807) is 75.4 Å². The second-order valence-electron chi connectivity index (χ2n) is 12.1. The summed E-state index contributed by atoms with van der Waals surface area (Å²) < 4.78 is 83.4. The number of esters is 1. The molecular formula is C31H33F3N6O8S. The first kappa shape index (κ1) is 35.7. The smallest absolute Gasteiger partial charge is 0.471 e. The van der Waals surface area contributed by atoms with E-state index in [-0.39, 0.29) is 40.3 Å². The predicted octanol–water partition coefficient (Wildman–Crippen LogP) is 3.58. The molecule has 3 heterocycles. The van der Waals surface area contributed by atoms with Crippen LogP contribution < -0.4 is 14.8 Å². The van der Waals surface area contributed by atoms with Gasteiger partial charge < -0.3 is 19.3 Å². The summed E-state index contributed by atoms with van der Waals surface area (Å²) in [6, 6.07) is 15.3. The number of hydrogen-bond donors (Lipinski definition) is 2. The van der Waals surface area contributed by atoms with Gasteiger partial charge in [0.25, 0.3) is 0 Å². The van der Waals surface area contributed by atoms with E-state index in [9.17, 15) is 36.3 Å². The van der Waals surface area contributed by atoms with Crippen LogP contribution >= 0.6 is 0 Å². The number of morpholine rings is 1. The number of carbonyl (C=O) groups is 2. The molecule has 0 spiro atoms. The molecule has 262 valence electrons. The number of alkyl halides is 3. The van der Waals surface area contributed by atoms with Gasteiger partial charge in [0.05, 0.1) is 37.4 Å². The van der Waals surface area contributed by atoms with Gasteiger partial charge in [0.1, 0.15) is 12.4 Å². The van der Waals surface area contributed by atoms with E-state index in [0.717, 1.165) is 6.33 Å². The number of anilines is 1. The zero-order valence-corrected chi connectivity index (χ0v) is 27.4. The summed E-state index contributed by atoms with van der Waals surface area (Å²) in [5.74, 6) is -0.922. The number of hydrogen-bond acceptors (Lipinski definition) is 11. The van der Waals surface area contributed by atoms with Gasteiger partial charge >= 0.3 is 21.5 Å². The molecule has 5 rings (SSSR count). The Kier molecular flexibility index (Phi) is 10.2. The maximum absolute atomic E-state index is 13.5. The molecule has 1 fully saturated rings. The maximum Gasteiger partial charge on any atom is 0.511 e. The first-order valence-corrected chi connectivity index (χ1v) is 16.3. The van der Waals surface area contributed by atoms with Crippen LogP contribution in [0.3, 0.4) is 0 Å². The Labute approximate surface area is 278 Å². The van der Waals surface area contributed by atoms with E-state index >= 15 is 0 Å². The standard InChI is InChI=1S/C31H33F3N6O8S/c1-30(2,3)28(43)48-21-11-9-20(10-12-21)17-46-27-25-26(37-29(38-27)36-23(42)13-19-7-5-4-6-8-19)40(18-35-25)24-15-39(14-22(16-41)47-24)49(44,45)31(32,33)34/h4-12,18,22,24,41H,13-17H2,1-3H3,(H,36,37,38,42). The van der Waals surface area contributed by atoms with Crippen LogP contribution in [0.15, 0.2) is 60.9 Å². The molecule has 1 aliphatic rings. The average Bonchev–Trinajstić information content (AvgIpc) is 3.47. The number of imidazole rings is 1. The van der Waals surface area contributed by atoms with Crippen LogP contribution in [-0.4, -0.2) is 80.5 Å². The van der Waals surface area contributed by atoms with E-state index in [4.69, 9.17) is 14.2 Å². The molecule has 2 aromatic carbocycles. The first-order valence-electron chi connectivity index (χ1n) is 14.9. The summed E-state index contributed by atoms with van der Waals surface area (Å²) in [5, 5.41) is 12.3. The van der Waals surface area contributed by atoms with Crippen molar-refractivity contribution in [1.82, 2.24) is 23.8 Å². The fraction of sp³-hybridized carbons (Fsp3) is 0.387. The third-order valence-electron chi connectivity index (χ3n) is 7.23. The van der Waals surface area contributed by atoms with E-state index in [2.05, 4.69) is 20.3 Å². The van der Waals surface area contributed by atoms with E-state index < -0.39 is 64.9 Å². The topological polar surface area (TPSA) is 175 Å². The van der Waals surface area contributed by atoms with Crippen LogP contribution in [0.4, 0.5) is 19.1 Å². The number of aliphatic hydroxyl groups excluding tert-OH is 1. The number of rotatable bonds is 10. The van der Waals surface area contributed by atoms with Crippen molar-refractivity contribution in [3.8, 4) is 11.6 Å². The highest BCUT2D eigenvalue weighted by molar-refractivity contribution is 7.90. The molecule has 1 aliphatic heterocycles. The Balaban J connectivity index is 1.45. The lowest BCUT2D eigenvalue weighted by Crippen LogP contribution is -2.52. The van der Waals surface area contributed by atoms with Crippen molar-refractivity contribution in [3.63, 3.8) is 0 Å². The number of aromatic nitrogens is 4. The third kappa shape index (κ3) is 8.33. The molecule has 2 atom stereocenters. The fourth-order valence-corrected chi connectivity index (χ4v) is 5.63. The minimum Gasteiger partial charge on any atom is -0.471 e. The zero-order chi connectivity index (χ0) is 35.6. The van der Waals surface area contributed by atoms with Gasteiger partial charge in [-0.1, -0.05) is 42.5 Å². The Bertz CT molecular complexity index is 1920. The summed E-state index contributed by atoms with van der Waals surface area (Å²) in [6.45, 7) is 2.81. The van der Waals surface area contributed by atoms with Crippen LogP contribution in [0.25, 0.3) is 11.2 Å². The van der Waals surface area contributed by atoms with Gasteiger partial charge in [-0.15, -0.1) is 0 Å². The largest absolute Gasteiger partial charge is 0.511 e. The molecule has 2 unspecified atom stereocenters. The molecular weight excluding hydrogens is 673 g/mol. The molecule has 49 heavy (non-hydrogen) atoms. The van der Waals surface area contributed by atoms with Gasteiger partial charge in [-0.3, -0.25) is 19.5 Å². The van der Waals surface area contributed by atoms with Crippen LogP contribution in [0.5, 0.6) is 11.6 Å². The predicted molar refractivity (Wildman–Crippen MR) is 168 cm³/mol. The number of benzene rings is 2. The number of carbonyl (C=O) groups excluding carboxylic acids is 2. The molecule has 0 radical (unpaired) electrons. The Morgan fingerprint density at radius 1 is 1.02 bits per heavy atom. The summed E-state index contributed by atoms with van der Waals surface area (Å²) in [7, 11) is -5.77. The monoisotopic (exact) mass is 706 g/mol. The summed E-state index contributed by atoms with van der Waals surface area (Å²) in [6.07, 6.45) is -1.59. The zero-order valence-electron chi connectivity index (χ0n) is 26.5. The average molecular weight is 707 g/mol. The van der Waals surface area contributed by atoms with E-state index in [1.165, 1.54) is 4.57 Å². The lowest BCUT2D eigenvalue weighted by atomic mass is 9.97. The molecule has 2 N–H and O–H groups in total. The second-order valence-corrected chi connectivity index (χ2v) is 14.1. The van der Waals surface area contributed by atoms with Crippen molar-refractivity contribution in [2.75, 3.05) is 25.0 Å². The van der Waals surface area contributed by atoms with E-state index in [0.29, 0.717) is 16.9 Å². The molecule has 4 aromatic rings. The number of halogens is 3. The molecule has 0 bridgehead atoms. The number of aliphatic hydroxyl groups is 1. The van der Waals surface area contributed by atoms with Gasteiger partial charge in [0.15, 0.2) is 17.4 Å². The van der Waals surface area contributed by atoms with Crippen LogP contribution in [0, 0.1) is 5.41 Å². The van der Waals surface area contributed by atoms with Crippen LogP contribution in [0.2, 0.25) is 0 Å². The molecule has 0 aliphatic carbocycles. The van der Waals surface area contributed by atoms with Crippen molar-refractivity contribution in [3.05, 3.63) is 72.1 Å². The number of fused-ring (bicyclic) bond motifs is 1. The van der Waals surface area contributed by atoms with Crippen molar-refractivity contribution in [1.29, 1.82) is 0 Å². The van der Waals surface area contributed by atoms with Gasteiger partial charge in [0, 0.05) is 6.54 Å². The summed E-state index contributed by atoms with van der Waals surface area (Å²) in [5.41, 5.74) is -4.99. The Morgan fingerprint density at radius 2 is 1.71 bits per heavy atom. The number of amides is 1. The van der Waals surface area contributed by atoms with E-state index in [1.807, 2.05) is 0 Å².